The summed E-state index contributed by atoms with van der Waals surface area (Å²) in [6, 6.07) is 3.19. The second kappa shape index (κ2) is 5.97. The molecular weight excluding hydrogens is 305 g/mol. The van der Waals surface area contributed by atoms with Crippen molar-refractivity contribution in [2.24, 2.45) is 0 Å². The van der Waals surface area contributed by atoms with E-state index in [0.717, 1.165) is 31.4 Å². The third kappa shape index (κ3) is 3.31. The third-order valence-corrected chi connectivity index (χ3v) is 5.71. The molecule has 0 atom stereocenters. The van der Waals surface area contributed by atoms with E-state index in [1.807, 2.05) is 0 Å². The van der Waals surface area contributed by atoms with Crippen LogP contribution < -0.4 is 4.72 Å². The summed E-state index contributed by atoms with van der Waals surface area (Å²) in [5.74, 6) is -0.670. The zero-order chi connectivity index (χ0) is 14.8. The number of benzene rings is 1. The Morgan fingerprint density at radius 3 is 2.55 bits per heavy atom. The quantitative estimate of drug-likeness (QED) is 0.895. The second-order valence-electron chi connectivity index (χ2n) is 5.18. The first-order valence-corrected chi connectivity index (χ1v) is 8.35. The van der Waals surface area contributed by atoms with Gasteiger partial charge in [0.05, 0.1) is 17.2 Å². The van der Waals surface area contributed by atoms with E-state index in [0.29, 0.717) is 12.8 Å². The van der Waals surface area contributed by atoms with Gasteiger partial charge in [0.1, 0.15) is 10.7 Å². The molecule has 0 saturated heterocycles. The molecule has 1 aliphatic rings. The van der Waals surface area contributed by atoms with Crippen LogP contribution in [-0.2, 0) is 10.0 Å². The molecule has 2 rings (SSSR count). The number of aliphatic hydroxyl groups excluding tert-OH is 1. The van der Waals surface area contributed by atoms with E-state index < -0.39 is 21.4 Å². The van der Waals surface area contributed by atoms with E-state index in [2.05, 4.69) is 4.72 Å². The summed E-state index contributed by atoms with van der Waals surface area (Å²) in [7, 11) is -3.97. The Morgan fingerprint density at radius 1 is 1.30 bits per heavy atom. The van der Waals surface area contributed by atoms with Crippen LogP contribution in [0.2, 0.25) is 5.02 Å². The molecule has 1 fully saturated rings. The second-order valence-corrected chi connectivity index (χ2v) is 7.24. The Kier molecular flexibility index (Phi) is 4.69. The van der Waals surface area contributed by atoms with E-state index in [9.17, 15) is 17.9 Å². The van der Waals surface area contributed by atoms with Crippen molar-refractivity contribution in [1.29, 1.82) is 0 Å². The monoisotopic (exact) mass is 321 g/mol. The zero-order valence-electron chi connectivity index (χ0n) is 10.9. The first-order chi connectivity index (χ1) is 9.38. The Morgan fingerprint density at radius 2 is 1.95 bits per heavy atom. The number of rotatable bonds is 4. The molecule has 4 nitrogen and oxygen atoms in total. The molecule has 1 aromatic carbocycles. The van der Waals surface area contributed by atoms with Gasteiger partial charge in [0, 0.05) is 0 Å². The van der Waals surface area contributed by atoms with E-state index in [1.54, 1.807) is 0 Å². The van der Waals surface area contributed by atoms with Gasteiger partial charge in [-0.05, 0) is 31.0 Å². The Labute approximate surface area is 123 Å². The van der Waals surface area contributed by atoms with Crippen molar-refractivity contribution >= 4 is 21.6 Å². The molecule has 0 bridgehead atoms. The van der Waals surface area contributed by atoms with E-state index >= 15 is 0 Å². The number of halogens is 2. The molecule has 1 aliphatic carbocycles. The minimum atomic E-state index is -3.97. The fourth-order valence-corrected chi connectivity index (χ4v) is 4.51. The largest absolute Gasteiger partial charge is 0.394 e. The molecule has 0 amide bonds. The van der Waals surface area contributed by atoms with Gasteiger partial charge in [-0.2, -0.15) is 0 Å². The summed E-state index contributed by atoms with van der Waals surface area (Å²) in [6.45, 7) is -0.279. The van der Waals surface area contributed by atoms with Crippen molar-refractivity contribution in [2.45, 2.75) is 42.5 Å². The van der Waals surface area contributed by atoms with Gasteiger partial charge in [-0.1, -0.05) is 30.9 Å². The van der Waals surface area contributed by atoms with Crippen LogP contribution in [0.1, 0.15) is 32.1 Å². The molecule has 0 aromatic heterocycles. The maximum atomic E-state index is 13.2. The van der Waals surface area contributed by atoms with E-state index in [-0.39, 0.29) is 16.5 Å². The van der Waals surface area contributed by atoms with Crippen LogP contribution in [0.15, 0.2) is 23.1 Å². The van der Waals surface area contributed by atoms with Gasteiger partial charge in [0.15, 0.2) is 0 Å². The summed E-state index contributed by atoms with van der Waals surface area (Å²) in [4.78, 5) is -0.294. The number of sulfonamides is 1. The Hall–Kier alpha value is -0.690. The molecule has 2 N–H and O–H groups in total. The van der Waals surface area contributed by atoms with Gasteiger partial charge in [-0.25, -0.2) is 17.5 Å². The lowest BCUT2D eigenvalue weighted by Gasteiger charge is -2.36. The first-order valence-electron chi connectivity index (χ1n) is 6.48. The third-order valence-electron chi connectivity index (χ3n) is 3.65. The number of aliphatic hydroxyl groups is 1. The van der Waals surface area contributed by atoms with Crippen molar-refractivity contribution in [2.75, 3.05) is 6.61 Å². The fraction of sp³-hybridized carbons (Fsp3) is 0.538. The van der Waals surface area contributed by atoms with Crippen molar-refractivity contribution < 1.29 is 17.9 Å². The molecule has 0 radical (unpaired) electrons. The number of hydrogen-bond acceptors (Lipinski definition) is 3. The van der Waals surface area contributed by atoms with Crippen LogP contribution in [0.25, 0.3) is 0 Å². The molecule has 0 heterocycles. The van der Waals surface area contributed by atoms with Crippen LogP contribution in [0, 0.1) is 5.82 Å². The van der Waals surface area contributed by atoms with Crippen molar-refractivity contribution in [3.63, 3.8) is 0 Å². The van der Waals surface area contributed by atoms with Gasteiger partial charge >= 0.3 is 0 Å². The summed E-state index contributed by atoms with van der Waals surface area (Å²) in [6.07, 6.45) is 3.84. The van der Waals surface area contributed by atoms with Gasteiger partial charge in [-0.15, -0.1) is 0 Å². The van der Waals surface area contributed by atoms with Crippen molar-refractivity contribution in [1.82, 2.24) is 4.72 Å². The standard InChI is InChI=1S/C13H17ClFNO3S/c14-11-5-4-10(15)8-12(11)20(18,19)16-13(9-17)6-2-1-3-7-13/h4-5,8,16-17H,1-3,6-7,9H2. The zero-order valence-corrected chi connectivity index (χ0v) is 12.5. The molecule has 112 valence electrons. The number of hydrogen-bond donors (Lipinski definition) is 2. The Balaban J connectivity index is 2.32. The van der Waals surface area contributed by atoms with Crippen molar-refractivity contribution in [3.05, 3.63) is 29.0 Å². The molecule has 0 aliphatic heterocycles. The molecule has 1 saturated carbocycles. The van der Waals surface area contributed by atoms with Gasteiger partial charge < -0.3 is 5.11 Å². The Bertz CT molecular complexity index is 585. The minimum absolute atomic E-state index is 0.0391. The average Bonchev–Trinajstić information content (AvgIpc) is 2.42. The van der Waals surface area contributed by atoms with Crippen LogP contribution >= 0.6 is 11.6 Å². The summed E-state index contributed by atoms with van der Waals surface area (Å²) >= 11 is 5.84. The van der Waals surface area contributed by atoms with Crippen LogP contribution in [0.4, 0.5) is 4.39 Å². The van der Waals surface area contributed by atoms with Gasteiger partial charge in [-0.3, -0.25) is 0 Å². The van der Waals surface area contributed by atoms with Crippen LogP contribution in [-0.4, -0.2) is 25.7 Å². The summed E-state index contributed by atoms with van der Waals surface area (Å²) < 4.78 is 40.5. The summed E-state index contributed by atoms with van der Waals surface area (Å²) in [5.41, 5.74) is -0.868. The maximum Gasteiger partial charge on any atom is 0.242 e. The highest BCUT2D eigenvalue weighted by Crippen LogP contribution is 2.31. The topological polar surface area (TPSA) is 66.4 Å². The highest BCUT2D eigenvalue weighted by molar-refractivity contribution is 7.89. The molecule has 0 unspecified atom stereocenters. The van der Waals surface area contributed by atoms with Crippen LogP contribution in [0.5, 0.6) is 0 Å². The van der Waals surface area contributed by atoms with E-state index in [4.69, 9.17) is 11.6 Å². The molecule has 7 heteroatoms. The molecule has 1 aromatic rings. The average molecular weight is 322 g/mol. The molecule has 20 heavy (non-hydrogen) atoms. The summed E-state index contributed by atoms with van der Waals surface area (Å²) in [5, 5.41) is 9.50. The normalized spacial score (nSPS) is 18.9. The lowest BCUT2D eigenvalue weighted by molar-refractivity contribution is 0.142. The fourth-order valence-electron chi connectivity index (χ4n) is 2.54. The van der Waals surface area contributed by atoms with Gasteiger partial charge in [0.25, 0.3) is 0 Å². The lowest BCUT2D eigenvalue weighted by atomic mass is 9.83. The van der Waals surface area contributed by atoms with Crippen molar-refractivity contribution in [3.8, 4) is 0 Å². The minimum Gasteiger partial charge on any atom is -0.394 e. The van der Waals surface area contributed by atoms with Crippen LogP contribution in [0.3, 0.4) is 0 Å². The van der Waals surface area contributed by atoms with E-state index in [1.165, 1.54) is 6.07 Å². The SMILES string of the molecule is O=S(=O)(NC1(CO)CCCCC1)c1cc(F)ccc1Cl. The smallest absolute Gasteiger partial charge is 0.242 e. The predicted molar refractivity (Wildman–Crippen MR) is 74.6 cm³/mol. The lowest BCUT2D eigenvalue weighted by Crippen LogP contribution is -2.52. The predicted octanol–water partition coefficient (Wildman–Crippen LogP) is 2.45. The highest BCUT2D eigenvalue weighted by atomic mass is 35.5. The number of nitrogens with one attached hydrogen (secondary N) is 1. The first kappa shape index (κ1) is 15.7. The molecule has 0 spiro atoms. The maximum absolute atomic E-state index is 13.2. The van der Waals surface area contributed by atoms with Gasteiger partial charge in [0.2, 0.25) is 10.0 Å². The molecular formula is C13H17ClFNO3S. The highest BCUT2D eigenvalue weighted by Gasteiger charge is 2.36.